The van der Waals surface area contributed by atoms with Crippen molar-refractivity contribution >= 4 is 24.3 Å². The van der Waals surface area contributed by atoms with E-state index in [0.717, 1.165) is 5.56 Å². The second-order valence-electron chi connectivity index (χ2n) is 6.68. The van der Waals surface area contributed by atoms with Gasteiger partial charge in [-0.15, -0.1) is 0 Å². The molecule has 3 rings (SSSR count). The standard InChI is InChI=1S/C22H20N4O6/c1-31-17-6-4-15-11-26(20(28)19(15)9-17)12-16(25-22(30)24-13-27)5-3-14-10-23-8-7-18(14)21(29)32-2/h4,6-10,13,16H,11-12H2,1-2H3,(H2,24,25,27,30)/t16-/m1/s1. The molecule has 10 heteroatoms. The van der Waals surface area contributed by atoms with Crippen molar-refractivity contribution in [3.63, 3.8) is 0 Å². The van der Waals surface area contributed by atoms with E-state index in [1.54, 1.807) is 18.2 Å². The van der Waals surface area contributed by atoms with Crippen molar-refractivity contribution in [2.75, 3.05) is 20.8 Å². The monoisotopic (exact) mass is 436 g/mol. The largest absolute Gasteiger partial charge is 0.497 e. The fourth-order valence-corrected chi connectivity index (χ4v) is 3.16. The molecule has 0 aliphatic carbocycles. The maximum Gasteiger partial charge on any atom is 0.339 e. The van der Waals surface area contributed by atoms with Crippen molar-refractivity contribution in [2.24, 2.45) is 0 Å². The zero-order valence-corrected chi connectivity index (χ0v) is 17.4. The molecule has 1 aliphatic rings. The van der Waals surface area contributed by atoms with Crippen molar-refractivity contribution < 1.29 is 28.7 Å². The fraction of sp³-hybridized carbons (Fsp3) is 0.227. The van der Waals surface area contributed by atoms with Crippen molar-refractivity contribution in [3.8, 4) is 17.6 Å². The molecule has 2 aromatic rings. The van der Waals surface area contributed by atoms with Gasteiger partial charge in [-0.2, -0.15) is 0 Å². The van der Waals surface area contributed by atoms with Gasteiger partial charge in [0.25, 0.3) is 5.91 Å². The summed E-state index contributed by atoms with van der Waals surface area (Å²) in [6.45, 7) is 0.372. The van der Waals surface area contributed by atoms with E-state index in [4.69, 9.17) is 9.47 Å². The molecule has 1 atom stereocenters. The van der Waals surface area contributed by atoms with Crippen molar-refractivity contribution in [1.29, 1.82) is 0 Å². The molecule has 4 amide bonds. The molecule has 164 valence electrons. The van der Waals surface area contributed by atoms with E-state index in [-0.39, 0.29) is 24.4 Å². The lowest BCUT2D eigenvalue weighted by molar-refractivity contribution is -0.108. The lowest BCUT2D eigenvalue weighted by atomic mass is 10.1. The van der Waals surface area contributed by atoms with Gasteiger partial charge in [-0.1, -0.05) is 17.9 Å². The summed E-state index contributed by atoms with van der Waals surface area (Å²) in [7, 11) is 2.76. The minimum absolute atomic E-state index is 0.0446. The van der Waals surface area contributed by atoms with E-state index < -0.39 is 18.0 Å². The molecule has 32 heavy (non-hydrogen) atoms. The summed E-state index contributed by atoms with van der Waals surface area (Å²) in [5.74, 6) is 5.38. The molecule has 10 nitrogen and oxygen atoms in total. The van der Waals surface area contributed by atoms with Crippen molar-refractivity contribution in [2.45, 2.75) is 12.6 Å². The van der Waals surface area contributed by atoms with Crippen LogP contribution in [0.4, 0.5) is 4.79 Å². The topological polar surface area (TPSA) is 127 Å². The Bertz CT molecular complexity index is 1120. The number of aromatic nitrogens is 1. The number of hydrogen-bond acceptors (Lipinski definition) is 7. The number of benzene rings is 1. The normalized spacial score (nSPS) is 12.7. The molecule has 0 radical (unpaired) electrons. The lowest BCUT2D eigenvalue weighted by Crippen LogP contribution is -2.46. The maximum absolute atomic E-state index is 12.8. The first-order chi connectivity index (χ1) is 15.5. The molecule has 0 saturated carbocycles. The van der Waals surface area contributed by atoms with E-state index >= 15 is 0 Å². The second-order valence-corrected chi connectivity index (χ2v) is 6.68. The van der Waals surface area contributed by atoms with Crippen LogP contribution in [0.5, 0.6) is 5.75 Å². The van der Waals surface area contributed by atoms with Crippen LogP contribution in [0.15, 0.2) is 36.7 Å². The van der Waals surface area contributed by atoms with Gasteiger partial charge in [0.1, 0.15) is 11.8 Å². The molecular weight excluding hydrogens is 416 g/mol. The molecule has 1 aromatic heterocycles. The lowest BCUT2D eigenvalue weighted by Gasteiger charge is -2.21. The van der Waals surface area contributed by atoms with Gasteiger partial charge >= 0.3 is 12.0 Å². The summed E-state index contributed by atoms with van der Waals surface area (Å²) in [5, 5.41) is 4.51. The maximum atomic E-state index is 12.8. The Morgan fingerprint density at radius 1 is 1.31 bits per heavy atom. The van der Waals surface area contributed by atoms with Crippen LogP contribution in [0, 0.1) is 11.8 Å². The van der Waals surface area contributed by atoms with Crippen LogP contribution in [0.3, 0.4) is 0 Å². The Balaban J connectivity index is 1.85. The predicted octanol–water partition coefficient (Wildman–Crippen LogP) is 0.709. The highest BCUT2D eigenvalue weighted by Gasteiger charge is 2.29. The highest BCUT2D eigenvalue weighted by molar-refractivity contribution is 5.99. The third-order valence-corrected chi connectivity index (χ3v) is 4.70. The van der Waals surface area contributed by atoms with Crippen molar-refractivity contribution in [3.05, 3.63) is 58.9 Å². The molecule has 0 unspecified atom stereocenters. The first kappa shape index (κ1) is 22.3. The summed E-state index contributed by atoms with van der Waals surface area (Å²) in [4.78, 5) is 52.8. The van der Waals surface area contributed by atoms with Crippen LogP contribution in [-0.4, -0.2) is 61.0 Å². The summed E-state index contributed by atoms with van der Waals surface area (Å²) in [6.07, 6.45) is 3.06. The number of carbonyl (C=O) groups excluding carboxylic acids is 4. The number of imide groups is 1. The van der Waals surface area contributed by atoms with Gasteiger partial charge in [-0.3, -0.25) is 19.9 Å². The number of pyridine rings is 1. The first-order valence-electron chi connectivity index (χ1n) is 9.47. The van der Waals surface area contributed by atoms with Crippen molar-refractivity contribution in [1.82, 2.24) is 20.5 Å². The SMILES string of the molecule is COC(=O)c1ccncc1C#C[C@H](CN1Cc2ccc(OC)cc2C1=O)NC(=O)NC=O. The number of carbonyl (C=O) groups is 4. The first-order valence-corrected chi connectivity index (χ1v) is 9.47. The van der Waals surface area contributed by atoms with Crippen LogP contribution in [0.1, 0.15) is 31.8 Å². The zero-order chi connectivity index (χ0) is 23.1. The highest BCUT2D eigenvalue weighted by atomic mass is 16.5. The second kappa shape index (κ2) is 10.1. The number of ether oxygens (including phenoxy) is 2. The number of rotatable bonds is 6. The number of methoxy groups -OCH3 is 2. The number of fused-ring (bicyclic) bond motifs is 1. The Morgan fingerprint density at radius 2 is 2.12 bits per heavy atom. The van der Waals surface area contributed by atoms with Crippen LogP contribution >= 0.6 is 0 Å². The van der Waals surface area contributed by atoms with Gasteiger partial charge in [0, 0.05) is 24.5 Å². The van der Waals surface area contributed by atoms with Gasteiger partial charge in [-0.05, 0) is 23.8 Å². The molecule has 0 saturated heterocycles. The Hall–Kier alpha value is -4.39. The third kappa shape index (κ3) is 5.02. The zero-order valence-electron chi connectivity index (χ0n) is 17.4. The number of hydrogen-bond donors (Lipinski definition) is 2. The van der Waals surface area contributed by atoms with Gasteiger partial charge in [0.15, 0.2) is 0 Å². The fourth-order valence-electron chi connectivity index (χ4n) is 3.16. The number of esters is 1. The minimum atomic E-state index is -0.846. The minimum Gasteiger partial charge on any atom is -0.497 e. The quantitative estimate of drug-likeness (QED) is 0.388. The molecular formula is C22H20N4O6. The van der Waals surface area contributed by atoms with Crippen LogP contribution in [-0.2, 0) is 16.1 Å². The molecule has 0 bridgehead atoms. The molecule has 2 heterocycles. The number of amides is 4. The van der Waals surface area contributed by atoms with E-state index in [1.165, 1.54) is 37.6 Å². The molecule has 2 N–H and O–H groups in total. The third-order valence-electron chi connectivity index (χ3n) is 4.70. The Morgan fingerprint density at radius 3 is 2.84 bits per heavy atom. The molecule has 1 aromatic carbocycles. The molecule has 0 fully saturated rings. The number of nitrogens with zero attached hydrogens (tertiary/aromatic N) is 2. The van der Waals surface area contributed by atoms with Crippen LogP contribution in [0.25, 0.3) is 0 Å². The Kier molecular flexibility index (Phi) is 7.02. The predicted molar refractivity (Wildman–Crippen MR) is 112 cm³/mol. The summed E-state index contributed by atoms with van der Waals surface area (Å²) >= 11 is 0. The molecule has 1 aliphatic heterocycles. The van der Waals surface area contributed by atoms with Crippen LogP contribution < -0.4 is 15.4 Å². The van der Waals surface area contributed by atoms with Crippen LogP contribution in [0.2, 0.25) is 0 Å². The van der Waals surface area contributed by atoms with E-state index in [9.17, 15) is 19.2 Å². The van der Waals surface area contributed by atoms with E-state index in [1.807, 2.05) is 5.32 Å². The van der Waals surface area contributed by atoms with Gasteiger partial charge in [0.2, 0.25) is 6.41 Å². The average molecular weight is 436 g/mol. The van der Waals surface area contributed by atoms with E-state index in [0.29, 0.717) is 23.4 Å². The molecule has 0 spiro atoms. The number of nitrogens with one attached hydrogen (secondary N) is 2. The summed E-state index contributed by atoms with van der Waals surface area (Å²) < 4.78 is 9.92. The van der Waals surface area contributed by atoms with Gasteiger partial charge in [-0.25, -0.2) is 9.59 Å². The van der Waals surface area contributed by atoms with Gasteiger partial charge in [0.05, 0.1) is 31.9 Å². The summed E-state index contributed by atoms with van der Waals surface area (Å²) in [6, 6.07) is 5.07. The Labute approximate surface area is 183 Å². The average Bonchev–Trinajstić information content (AvgIpc) is 3.11. The smallest absolute Gasteiger partial charge is 0.339 e. The highest BCUT2D eigenvalue weighted by Crippen LogP contribution is 2.26. The summed E-state index contributed by atoms with van der Waals surface area (Å²) in [5.41, 5.74) is 1.83. The van der Waals surface area contributed by atoms with Gasteiger partial charge < -0.3 is 19.7 Å². The van der Waals surface area contributed by atoms with E-state index in [2.05, 4.69) is 22.1 Å². The number of urea groups is 1.